The first kappa shape index (κ1) is 12.7. The predicted octanol–water partition coefficient (Wildman–Crippen LogP) is 2.61. The van der Waals surface area contributed by atoms with Crippen molar-refractivity contribution in [3.8, 4) is 0 Å². The fraction of sp³-hybridized carbons (Fsp3) is 0.562. The number of likely N-dealkylation sites (tertiary alicyclic amines) is 1. The average Bonchev–Trinajstić information content (AvgIpc) is 3.04. The Morgan fingerprint density at radius 2 is 1.89 bits per heavy atom. The van der Waals surface area contributed by atoms with E-state index in [1.54, 1.807) is 0 Å². The van der Waals surface area contributed by atoms with Crippen LogP contribution in [0.25, 0.3) is 11.0 Å². The first-order valence-electron chi connectivity index (χ1n) is 7.47. The van der Waals surface area contributed by atoms with E-state index in [0.717, 1.165) is 6.54 Å². The third-order valence-corrected chi connectivity index (χ3v) is 4.15. The van der Waals surface area contributed by atoms with Gasteiger partial charge in [0.1, 0.15) is 6.54 Å². The molecule has 0 saturated carbocycles. The minimum Gasteiger partial charge on any atom is -0.299 e. The average molecular weight is 258 g/mol. The summed E-state index contributed by atoms with van der Waals surface area (Å²) in [6, 6.07) is 9.24. The van der Waals surface area contributed by atoms with E-state index in [2.05, 4.69) is 58.5 Å². The highest BCUT2D eigenvalue weighted by atomic mass is 15.2. The molecule has 0 bridgehead atoms. The summed E-state index contributed by atoms with van der Waals surface area (Å²) < 4.78 is 4.78. The number of imidazole rings is 1. The number of para-hydroxylation sites is 2. The standard InChI is InChI=1S/C16H24N3/c1-14(2)19-13-18(12-11-17-9-5-6-10-17)15-7-3-4-8-16(15)19/h3-4,7-8,13-14H,5-6,9-12H2,1-2H3/q+1. The van der Waals surface area contributed by atoms with Gasteiger partial charge in [-0.25, -0.2) is 9.13 Å². The monoisotopic (exact) mass is 258 g/mol. The van der Waals surface area contributed by atoms with Crippen molar-refractivity contribution in [2.75, 3.05) is 19.6 Å². The largest absolute Gasteiger partial charge is 0.299 e. The smallest absolute Gasteiger partial charge is 0.244 e. The van der Waals surface area contributed by atoms with Gasteiger partial charge in [0, 0.05) is 6.54 Å². The summed E-state index contributed by atoms with van der Waals surface area (Å²) in [5, 5.41) is 0. The first-order valence-corrected chi connectivity index (χ1v) is 7.47. The lowest BCUT2D eigenvalue weighted by Gasteiger charge is -2.12. The zero-order valence-corrected chi connectivity index (χ0v) is 12.0. The summed E-state index contributed by atoms with van der Waals surface area (Å²) in [5.74, 6) is 0. The van der Waals surface area contributed by atoms with Gasteiger partial charge in [0.05, 0.1) is 6.04 Å². The highest BCUT2D eigenvalue weighted by molar-refractivity contribution is 5.71. The van der Waals surface area contributed by atoms with Crippen molar-refractivity contribution >= 4 is 11.0 Å². The van der Waals surface area contributed by atoms with Gasteiger partial charge in [-0.3, -0.25) is 4.90 Å². The van der Waals surface area contributed by atoms with Crippen molar-refractivity contribution < 1.29 is 4.57 Å². The Labute approximate surface area is 115 Å². The Morgan fingerprint density at radius 1 is 1.16 bits per heavy atom. The molecule has 1 aromatic heterocycles. The van der Waals surface area contributed by atoms with Crippen LogP contribution >= 0.6 is 0 Å². The van der Waals surface area contributed by atoms with Crippen LogP contribution in [0.15, 0.2) is 30.6 Å². The molecule has 1 fully saturated rings. The molecule has 0 atom stereocenters. The molecule has 1 aromatic carbocycles. The molecule has 3 nitrogen and oxygen atoms in total. The van der Waals surface area contributed by atoms with Crippen molar-refractivity contribution in [1.29, 1.82) is 0 Å². The van der Waals surface area contributed by atoms with E-state index in [-0.39, 0.29) is 0 Å². The van der Waals surface area contributed by atoms with E-state index in [9.17, 15) is 0 Å². The lowest BCUT2D eigenvalue weighted by Crippen LogP contribution is -2.39. The molecular weight excluding hydrogens is 234 g/mol. The van der Waals surface area contributed by atoms with Gasteiger partial charge in [0.2, 0.25) is 6.33 Å². The fourth-order valence-electron chi connectivity index (χ4n) is 3.05. The van der Waals surface area contributed by atoms with Crippen LogP contribution in [0, 0.1) is 0 Å². The number of benzene rings is 1. The number of hydrogen-bond acceptors (Lipinski definition) is 1. The number of nitrogens with zero attached hydrogens (tertiary/aromatic N) is 3. The zero-order valence-electron chi connectivity index (χ0n) is 12.0. The molecule has 3 rings (SSSR count). The SMILES string of the molecule is CC(C)n1c[n+](CCN2CCCC2)c2ccccc21. The van der Waals surface area contributed by atoms with Gasteiger partial charge < -0.3 is 0 Å². The van der Waals surface area contributed by atoms with Crippen LogP contribution in [0.2, 0.25) is 0 Å². The molecule has 1 saturated heterocycles. The van der Waals surface area contributed by atoms with Crippen LogP contribution in [0.1, 0.15) is 32.7 Å². The maximum Gasteiger partial charge on any atom is 0.244 e. The van der Waals surface area contributed by atoms with Crippen LogP contribution < -0.4 is 4.57 Å². The number of hydrogen-bond donors (Lipinski definition) is 0. The predicted molar refractivity (Wildman–Crippen MR) is 78.2 cm³/mol. The molecule has 1 aliphatic rings. The molecule has 3 heteroatoms. The maximum atomic E-state index is 2.58. The molecule has 0 unspecified atom stereocenters. The van der Waals surface area contributed by atoms with Gasteiger partial charge in [0.15, 0.2) is 11.0 Å². The third kappa shape index (κ3) is 2.52. The molecule has 0 N–H and O–H groups in total. The second-order valence-corrected chi connectivity index (χ2v) is 5.85. The Morgan fingerprint density at radius 3 is 2.63 bits per heavy atom. The van der Waals surface area contributed by atoms with Crippen molar-refractivity contribution in [1.82, 2.24) is 9.47 Å². The van der Waals surface area contributed by atoms with Crippen LogP contribution in [-0.2, 0) is 6.54 Å². The van der Waals surface area contributed by atoms with Gasteiger partial charge >= 0.3 is 0 Å². The van der Waals surface area contributed by atoms with E-state index in [1.165, 1.54) is 43.5 Å². The summed E-state index contributed by atoms with van der Waals surface area (Å²) in [5.41, 5.74) is 2.70. The first-order chi connectivity index (χ1) is 9.25. The summed E-state index contributed by atoms with van der Waals surface area (Å²) in [6.45, 7) is 9.33. The van der Waals surface area contributed by atoms with Gasteiger partial charge in [-0.05, 0) is 51.9 Å². The summed E-state index contributed by atoms with van der Waals surface area (Å²) in [7, 11) is 0. The van der Waals surface area contributed by atoms with Crippen LogP contribution in [-0.4, -0.2) is 29.1 Å². The minimum absolute atomic E-state index is 0.512. The molecule has 0 aliphatic carbocycles. The highest BCUT2D eigenvalue weighted by Gasteiger charge is 2.18. The zero-order chi connectivity index (χ0) is 13.2. The van der Waals surface area contributed by atoms with E-state index >= 15 is 0 Å². The summed E-state index contributed by atoms with van der Waals surface area (Å²) in [4.78, 5) is 2.58. The molecule has 102 valence electrons. The van der Waals surface area contributed by atoms with E-state index in [0.29, 0.717) is 6.04 Å². The van der Waals surface area contributed by atoms with Gasteiger partial charge in [-0.1, -0.05) is 12.1 Å². The van der Waals surface area contributed by atoms with Crippen LogP contribution in [0.4, 0.5) is 0 Å². The quantitative estimate of drug-likeness (QED) is 0.768. The number of fused-ring (bicyclic) bond motifs is 1. The summed E-state index contributed by atoms with van der Waals surface area (Å²) in [6.07, 6.45) is 5.03. The van der Waals surface area contributed by atoms with E-state index < -0.39 is 0 Å². The van der Waals surface area contributed by atoms with Gasteiger partial charge in [-0.2, -0.15) is 0 Å². The molecule has 0 amide bonds. The summed E-state index contributed by atoms with van der Waals surface area (Å²) >= 11 is 0. The Balaban J connectivity index is 1.85. The van der Waals surface area contributed by atoms with Gasteiger partial charge in [-0.15, -0.1) is 0 Å². The number of aromatic nitrogens is 2. The second-order valence-electron chi connectivity index (χ2n) is 5.85. The maximum absolute atomic E-state index is 2.58. The van der Waals surface area contributed by atoms with E-state index in [4.69, 9.17) is 0 Å². The van der Waals surface area contributed by atoms with Crippen molar-refractivity contribution in [3.63, 3.8) is 0 Å². The van der Waals surface area contributed by atoms with Crippen molar-refractivity contribution in [2.24, 2.45) is 0 Å². The second kappa shape index (κ2) is 5.33. The molecule has 0 spiro atoms. The van der Waals surface area contributed by atoms with Crippen LogP contribution in [0.5, 0.6) is 0 Å². The van der Waals surface area contributed by atoms with Crippen molar-refractivity contribution in [2.45, 2.75) is 39.3 Å². The Bertz CT molecular complexity index is 550. The fourth-order valence-corrected chi connectivity index (χ4v) is 3.05. The highest BCUT2D eigenvalue weighted by Crippen LogP contribution is 2.15. The topological polar surface area (TPSA) is 12.0 Å². The van der Waals surface area contributed by atoms with Gasteiger partial charge in [0.25, 0.3) is 0 Å². The molecule has 2 aromatic rings. The normalized spacial score (nSPS) is 16.8. The minimum atomic E-state index is 0.512. The molecule has 1 aliphatic heterocycles. The molecule has 19 heavy (non-hydrogen) atoms. The molecule has 0 radical (unpaired) electrons. The lowest BCUT2D eigenvalue weighted by atomic mass is 10.3. The Hall–Kier alpha value is -1.35. The molecule has 2 heterocycles. The Kier molecular flexibility index (Phi) is 3.56. The third-order valence-electron chi connectivity index (χ3n) is 4.15. The number of rotatable bonds is 4. The molecular formula is C16H24N3+. The van der Waals surface area contributed by atoms with Crippen LogP contribution in [0.3, 0.4) is 0 Å². The lowest BCUT2D eigenvalue weighted by molar-refractivity contribution is -0.671. The van der Waals surface area contributed by atoms with Crippen molar-refractivity contribution in [3.05, 3.63) is 30.6 Å². The van der Waals surface area contributed by atoms with E-state index in [1.807, 2.05) is 0 Å².